The molecule has 2 saturated heterocycles. The van der Waals surface area contributed by atoms with Crippen molar-refractivity contribution in [2.75, 3.05) is 39.4 Å². The van der Waals surface area contributed by atoms with Crippen LogP contribution in [0.2, 0.25) is 0 Å². The molecule has 1 atom stereocenters. The van der Waals surface area contributed by atoms with E-state index in [1.165, 1.54) is 37.3 Å². The van der Waals surface area contributed by atoms with Gasteiger partial charge in [0.25, 0.3) is 0 Å². The number of benzene rings is 1. The first-order valence-electron chi connectivity index (χ1n) is 9.46. The van der Waals surface area contributed by atoms with Crippen molar-refractivity contribution in [2.45, 2.75) is 32.0 Å². The molecule has 2 aromatic rings. The molecule has 1 unspecified atom stereocenters. The topological polar surface area (TPSA) is 33.5 Å². The van der Waals surface area contributed by atoms with Gasteiger partial charge in [-0.2, -0.15) is 0 Å². The van der Waals surface area contributed by atoms with Crippen LogP contribution in [0.4, 0.5) is 0 Å². The number of morpholine rings is 1. The summed E-state index contributed by atoms with van der Waals surface area (Å²) in [5.41, 5.74) is 1.33. The van der Waals surface area contributed by atoms with Crippen LogP contribution >= 0.6 is 0 Å². The van der Waals surface area contributed by atoms with E-state index in [1.54, 1.807) is 0 Å². The molecule has 2 aliphatic rings. The minimum absolute atomic E-state index is 0.653. The van der Waals surface area contributed by atoms with Gasteiger partial charge in [0.1, 0.15) is 5.82 Å². The van der Waals surface area contributed by atoms with Crippen LogP contribution in [0.15, 0.2) is 42.7 Å². The van der Waals surface area contributed by atoms with E-state index in [1.807, 2.05) is 6.20 Å². The normalized spacial score (nSPS) is 22.5. The molecular formula is C20H28N4O. The summed E-state index contributed by atoms with van der Waals surface area (Å²) >= 11 is 0. The summed E-state index contributed by atoms with van der Waals surface area (Å²) in [4.78, 5) is 9.83. The maximum absolute atomic E-state index is 5.48. The maximum atomic E-state index is 5.48. The summed E-state index contributed by atoms with van der Waals surface area (Å²) < 4.78 is 7.77. The van der Waals surface area contributed by atoms with E-state index in [0.29, 0.717) is 6.04 Å². The van der Waals surface area contributed by atoms with Gasteiger partial charge in [-0.25, -0.2) is 4.98 Å². The standard InChI is InChI=1S/C20H28N4O/c1-2-5-18(6-3-1)15-24-10-8-21-20(24)17-23-9-4-7-19(23)16-22-11-13-25-14-12-22/h1-3,5-6,8,10,19H,4,7,9,11-17H2. The number of nitrogens with zero attached hydrogens (tertiary/aromatic N) is 4. The number of rotatable bonds is 6. The summed E-state index contributed by atoms with van der Waals surface area (Å²) in [5, 5.41) is 0. The van der Waals surface area contributed by atoms with Gasteiger partial charge in [-0.05, 0) is 24.9 Å². The van der Waals surface area contributed by atoms with Crippen LogP contribution in [0.25, 0.3) is 0 Å². The van der Waals surface area contributed by atoms with Crippen molar-refractivity contribution in [1.29, 1.82) is 0 Å². The minimum atomic E-state index is 0.653. The average molecular weight is 340 g/mol. The SMILES string of the molecule is c1ccc(Cn2ccnc2CN2CCCC2CN2CCOCC2)cc1. The van der Waals surface area contributed by atoms with E-state index in [2.05, 4.69) is 55.9 Å². The summed E-state index contributed by atoms with van der Waals surface area (Å²) in [6, 6.07) is 11.3. The molecule has 0 radical (unpaired) electrons. The predicted molar refractivity (Wildman–Crippen MR) is 98.5 cm³/mol. The van der Waals surface area contributed by atoms with Gasteiger partial charge in [0.15, 0.2) is 0 Å². The molecule has 0 saturated carbocycles. The number of aromatic nitrogens is 2. The Bertz CT molecular complexity index is 651. The Morgan fingerprint density at radius 2 is 1.88 bits per heavy atom. The first-order valence-corrected chi connectivity index (χ1v) is 9.46. The van der Waals surface area contributed by atoms with Gasteiger partial charge < -0.3 is 9.30 Å². The Kier molecular flexibility index (Phi) is 5.45. The number of imidazole rings is 1. The number of likely N-dealkylation sites (tertiary alicyclic amines) is 1. The van der Waals surface area contributed by atoms with Gasteiger partial charge in [0.2, 0.25) is 0 Å². The predicted octanol–water partition coefficient (Wildman–Crippen LogP) is 2.23. The lowest BCUT2D eigenvalue weighted by Gasteiger charge is -2.32. The second-order valence-electron chi connectivity index (χ2n) is 7.14. The Morgan fingerprint density at radius 3 is 2.72 bits per heavy atom. The highest BCUT2D eigenvalue weighted by Crippen LogP contribution is 2.21. The Morgan fingerprint density at radius 1 is 1.04 bits per heavy atom. The maximum Gasteiger partial charge on any atom is 0.123 e. The zero-order valence-corrected chi connectivity index (χ0v) is 14.9. The highest BCUT2D eigenvalue weighted by atomic mass is 16.5. The van der Waals surface area contributed by atoms with Gasteiger partial charge in [-0.15, -0.1) is 0 Å². The van der Waals surface area contributed by atoms with Crippen molar-refractivity contribution in [1.82, 2.24) is 19.4 Å². The molecule has 134 valence electrons. The van der Waals surface area contributed by atoms with Crippen molar-refractivity contribution >= 4 is 0 Å². The summed E-state index contributed by atoms with van der Waals surface area (Å²) in [5.74, 6) is 1.18. The van der Waals surface area contributed by atoms with Crippen molar-refractivity contribution in [3.63, 3.8) is 0 Å². The summed E-state index contributed by atoms with van der Waals surface area (Å²) in [7, 11) is 0. The quantitative estimate of drug-likeness (QED) is 0.807. The van der Waals surface area contributed by atoms with Crippen LogP contribution in [0.3, 0.4) is 0 Å². The number of ether oxygens (including phenoxy) is 1. The van der Waals surface area contributed by atoms with Gasteiger partial charge >= 0.3 is 0 Å². The fourth-order valence-electron chi connectivity index (χ4n) is 3.99. The van der Waals surface area contributed by atoms with E-state index >= 15 is 0 Å². The fourth-order valence-corrected chi connectivity index (χ4v) is 3.99. The van der Waals surface area contributed by atoms with Gasteiger partial charge in [-0.1, -0.05) is 30.3 Å². The first kappa shape index (κ1) is 16.8. The van der Waals surface area contributed by atoms with E-state index in [0.717, 1.165) is 39.4 Å². The molecule has 0 aliphatic carbocycles. The van der Waals surface area contributed by atoms with Crippen molar-refractivity contribution in [2.24, 2.45) is 0 Å². The molecule has 4 rings (SSSR count). The van der Waals surface area contributed by atoms with Crippen LogP contribution in [-0.2, 0) is 17.8 Å². The molecule has 1 aromatic heterocycles. The second-order valence-corrected chi connectivity index (χ2v) is 7.14. The van der Waals surface area contributed by atoms with E-state index in [9.17, 15) is 0 Å². The highest BCUT2D eigenvalue weighted by molar-refractivity contribution is 5.15. The smallest absolute Gasteiger partial charge is 0.123 e. The molecule has 25 heavy (non-hydrogen) atoms. The lowest BCUT2D eigenvalue weighted by molar-refractivity contribution is 0.0259. The van der Waals surface area contributed by atoms with Gasteiger partial charge in [-0.3, -0.25) is 9.80 Å². The van der Waals surface area contributed by atoms with Crippen LogP contribution in [0.1, 0.15) is 24.2 Å². The Labute approximate surface area is 150 Å². The molecule has 5 nitrogen and oxygen atoms in total. The van der Waals surface area contributed by atoms with Crippen LogP contribution in [0.5, 0.6) is 0 Å². The third kappa shape index (κ3) is 4.29. The molecule has 2 fully saturated rings. The molecule has 0 bridgehead atoms. The molecule has 5 heteroatoms. The van der Waals surface area contributed by atoms with Crippen LogP contribution in [0, 0.1) is 0 Å². The van der Waals surface area contributed by atoms with E-state index < -0.39 is 0 Å². The number of hydrogen-bond acceptors (Lipinski definition) is 4. The van der Waals surface area contributed by atoms with Crippen LogP contribution in [-0.4, -0.2) is 64.8 Å². The fraction of sp³-hybridized carbons (Fsp3) is 0.550. The molecule has 0 N–H and O–H groups in total. The monoisotopic (exact) mass is 340 g/mol. The molecular weight excluding hydrogens is 312 g/mol. The Balaban J connectivity index is 1.38. The highest BCUT2D eigenvalue weighted by Gasteiger charge is 2.28. The zero-order chi connectivity index (χ0) is 16.9. The second kappa shape index (κ2) is 8.13. The summed E-state index contributed by atoms with van der Waals surface area (Å²) in [6.07, 6.45) is 6.64. The van der Waals surface area contributed by atoms with Crippen molar-refractivity contribution in [3.8, 4) is 0 Å². The molecule has 0 amide bonds. The zero-order valence-electron chi connectivity index (χ0n) is 14.9. The third-order valence-corrected chi connectivity index (χ3v) is 5.41. The van der Waals surface area contributed by atoms with Gasteiger partial charge in [0, 0.05) is 44.6 Å². The van der Waals surface area contributed by atoms with E-state index in [4.69, 9.17) is 4.74 Å². The lowest BCUT2D eigenvalue weighted by Crippen LogP contribution is -2.45. The molecule has 1 aromatic carbocycles. The first-order chi connectivity index (χ1) is 12.4. The Hall–Kier alpha value is -1.69. The number of hydrogen-bond donors (Lipinski definition) is 0. The molecule has 0 spiro atoms. The third-order valence-electron chi connectivity index (χ3n) is 5.41. The molecule has 3 heterocycles. The van der Waals surface area contributed by atoms with Crippen molar-refractivity contribution in [3.05, 3.63) is 54.1 Å². The molecule has 2 aliphatic heterocycles. The van der Waals surface area contributed by atoms with Crippen molar-refractivity contribution < 1.29 is 4.74 Å². The average Bonchev–Trinajstić information content (AvgIpc) is 3.27. The lowest BCUT2D eigenvalue weighted by atomic mass is 10.2. The van der Waals surface area contributed by atoms with E-state index in [-0.39, 0.29) is 0 Å². The minimum Gasteiger partial charge on any atom is -0.379 e. The van der Waals surface area contributed by atoms with Crippen LogP contribution < -0.4 is 0 Å². The summed E-state index contributed by atoms with van der Waals surface area (Å²) in [6.45, 7) is 8.13. The van der Waals surface area contributed by atoms with Gasteiger partial charge in [0.05, 0.1) is 19.8 Å². The largest absolute Gasteiger partial charge is 0.379 e.